The van der Waals surface area contributed by atoms with Crippen LogP contribution in [0.4, 0.5) is 0 Å². The van der Waals surface area contributed by atoms with Crippen LogP contribution in [0.1, 0.15) is 45.2 Å². The number of hydrogen-bond acceptors (Lipinski definition) is 3. The van der Waals surface area contributed by atoms with Gasteiger partial charge in [0.25, 0.3) is 0 Å². The lowest BCUT2D eigenvalue weighted by Gasteiger charge is -2.37. The fourth-order valence-electron chi connectivity index (χ4n) is 2.63. The summed E-state index contributed by atoms with van der Waals surface area (Å²) < 4.78 is 1.86. The van der Waals surface area contributed by atoms with Gasteiger partial charge in [-0.3, -0.25) is 9.58 Å². The first-order chi connectivity index (χ1) is 8.49. The molecule has 1 aromatic heterocycles. The van der Waals surface area contributed by atoms with Gasteiger partial charge in [-0.05, 0) is 39.5 Å². The van der Waals surface area contributed by atoms with Gasteiger partial charge in [0.1, 0.15) is 0 Å². The summed E-state index contributed by atoms with van der Waals surface area (Å²) in [7, 11) is 1.96. The largest absolute Gasteiger partial charge is 0.326 e. The van der Waals surface area contributed by atoms with Gasteiger partial charge < -0.3 is 5.73 Å². The van der Waals surface area contributed by atoms with Gasteiger partial charge in [-0.2, -0.15) is 5.10 Å². The van der Waals surface area contributed by atoms with E-state index in [9.17, 15) is 0 Å². The van der Waals surface area contributed by atoms with Crippen molar-refractivity contribution in [2.45, 2.75) is 51.7 Å². The van der Waals surface area contributed by atoms with Crippen LogP contribution >= 0.6 is 0 Å². The van der Waals surface area contributed by atoms with Crippen molar-refractivity contribution in [1.29, 1.82) is 0 Å². The van der Waals surface area contributed by atoms with Crippen molar-refractivity contribution in [3.05, 3.63) is 18.0 Å². The lowest BCUT2D eigenvalue weighted by molar-refractivity contribution is 0.129. The molecule has 1 aliphatic carbocycles. The van der Waals surface area contributed by atoms with Crippen LogP contribution in [0.15, 0.2) is 12.4 Å². The zero-order valence-corrected chi connectivity index (χ0v) is 12.0. The van der Waals surface area contributed by atoms with Crippen molar-refractivity contribution in [1.82, 2.24) is 14.7 Å². The Hall–Kier alpha value is -0.870. The Bertz CT molecular complexity index is 379. The minimum Gasteiger partial charge on any atom is -0.326 e. The van der Waals surface area contributed by atoms with Crippen LogP contribution < -0.4 is 5.73 Å². The van der Waals surface area contributed by atoms with E-state index in [4.69, 9.17) is 5.73 Å². The number of hydrogen-bond donors (Lipinski definition) is 1. The Kier molecular flexibility index (Phi) is 4.07. The first-order valence-corrected chi connectivity index (χ1v) is 6.99. The molecule has 1 fully saturated rings. The quantitative estimate of drug-likeness (QED) is 0.839. The molecule has 2 N–H and O–H groups in total. The third-order valence-electron chi connectivity index (χ3n) is 3.75. The fourth-order valence-corrected chi connectivity index (χ4v) is 2.63. The van der Waals surface area contributed by atoms with E-state index in [0.29, 0.717) is 6.04 Å². The van der Waals surface area contributed by atoms with E-state index in [1.165, 1.54) is 24.9 Å². The summed E-state index contributed by atoms with van der Waals surface area (Å²) in [5.41, 5.74) is 7.47. The summed E-state index contributed by atoms with van der Waals surface area (Å²) in [5.74, 6) is 0.880. The minimum absolute atomic E-state index is 0.121. The van der Waals surface area contributed by atoms with Crippen LogP contribution in [0, 0.1) is 5.92 Å². The van der Waals surface area contributed by atoms with Gasteiger partial charge in [0.2, 0.25) is 0 Å². The van der Waals surface area contributed by atoms with Crippen molar-refractivity contribution in [2.75, 3.05) is 6.54 Å². The summed E-state index contributed by atoms with van der Waals surface area (Å²) in [6.07, 6.45) is 6.80. The van der Waals surface area contributed by atoms with Gasteiger partial charge in [-0.15, -0.1) is 0 Å². The monoisotopic (exact) mass is 250 g/mol. The Balaban J connectivity index is 2.20. The lowest BCUT2D eigenvalue weighted by Crippen LogP contribution is -2.44. The van der Waals surface area contributed by atoms with Crippen molar-refractivity contribution >= 4 is 0 Å². The molecule has 1 saturated carbocycles. The van der Waals surface area contributed by atoms with Gasteiger partial charge in [-0.1, -0.05) is 0 Å². The molecule has 18 heavy (non-hydrogen) atoms. The Morgan fingerprint density at radius 2 is 2.11 bits per heavy atom. The summed E-state index contributed by atoms with van der Waals surface area (Å²) in [6, 6.07) is 0.913. The second-order valence-electron chi connectivity index (χ2n) is 5.99. The highest BCUT2D eigenvalue weighted by atomic mass is 15.3. The third-order valence-corrected chi connectivity index (χ3v) is 3.75. The molecular formula is C14H26N4. The van der Waals surface area contributed by atoms with Crippen molar-refractivity contribution in [3.8, 4) is 0 Å². The SMILES string of the molecule is CC(N)C(c1cnn(C)c1)N(CC1CC1)C(C)C. The zero-order chi connectivity index (χ0) is 13.3. The molecule has 1 aromatic rings. The normalized spacial score (nSPS) is 19.5. The van der Waals surface area contributed by atoms with Crippen LogP contribution in [0.5, 0.6) is 0 Å². The smallest absolute Gasteiger partial charge is 0.0538 e. The first kappa shape index (κ1) is 13.6. The van der Waals surface area contributed by atoms with E-state index in [0.717, 1.165) is 5.92 Å². The van der Waals surface area contributed by atoms with Gasteiger partial charge in [0, 0.05) is 37.4 Å². The molecule has 1 heterocycles. The van der Waals surface area contributed by atoms with Crippen LogP contribution in [0.2, 0.25) is 0 Å². The standard InChI is InChI=1S/C14H26N4/c1-10(2)18(8-12-5-6-12)14(11(3)15)13-7-16-17(4)9-13/h7,9-12,14H,5-6,8,15H2,1-4H3. The Morgan fingerprint density at radius 1 is 1.44 bits per heavy atom. The summed E-state index contributed by atoms with van der Waals surface area (Å²) in [5, 5.41) is 4.29. The highest BCUT2D eigenvalue weighted by Gasteiger charge is 2.32. The maximum Gasteiger partial charge on any atom is 0.0538 e. The fraction of sp³-hybridized carbons (Fsp3) is 0.786. The molecule has 4 heteroatoms. The van der Waals surface area contributed by atoms with Crippen LogP contribution in [0.3, 0.4) is 0 Å². The third kappa shape index (κ3) is 3.12. The van der Waals surface area contributed by atoms with E-state index in [1.807, 2.05) is 17.9 Å². The van der Waals surface area contributed by atoms with Gasteiger partial charge in [0.15, 0.2) is 0 Å². The van der Waals surface area contributed by atoms with Gasteiger partial charge >= 0.3 is 0 Å². The lowest BCUT2D eigenvalue weighted by atomic mass is 10.0. The van der Waals surface area contributed by atoms with Crippen LogP contribution in [-0.4, -0.2) is 33.3 Å². The molecule has 1 aliphatic rings. The highest BCUT2D eigenvalue weighted by molar-refractivity contribution is 5.13. The molecule has 4 nitrogen and oxygen atoms in total. The van der Waals surface area contributed by atoms with Crippen molar-refractivity contribution < 1.29 is 0 Å². The average molecular weight is 250 g/mol. The highest BCUT2D eigenvalue weighted by Crippen LogP contribution is 2.34. The molecule has 2 atom stereocenters. The maximum absolute atomic E-state index is 6.23. The summed E-state index contributed by atoms with van der Waals surface area (Å²) in [4.78, 5) is 2.54. The van der Waals surface area contributed by atoms with E-state index < -0.39 is 0 Å². The van der Waals surface area contributed by atoms with Crippen molar-refractivity contribution in [3.63, 3.8) is 0 Å². The molecule has 0 spiro atoms. The Morgan fingerprint density at radius 3 is 2.50 bits per heavy atom. The molecule has 0 saturated heterocycles. The van der Waals surface area contributed by atoms with Gasteiger partial charge in [0.05, 0.1) is 12.2 Å². The number of nitrogens with two attached hydrogens (primary N) is 1. The van der Waals surface area contributed by atoms with Crippen LogP contribution in [0.25, 0.3) is 0 Å². The topological polar surface area (TPSA) is 47.1 Å². The first-order valence-electron chi connectivity index (χ1n) is 6.99. The van der Waals surface area contributed by atoms with Crippen molar-refractivity contribution in [2.24, 2.45) is 18.7 Å². The summed E-state index contributed by atoms with van der Waals surface area (Å²) in [6.45, 7) is 7.78. The molecule has 102 valence electrons. The number of aryl methyl sites for hydroxylation is 1. The average Bonchev–Trinajstić information content (AvgIpc) is 2.99. The van der Waals surface area contributed by atoms with Gasteiger partial charge in [-0.25, -0.2) is 0 Å². The number of aromatic nitrogens is 2. The predicted molar refractivity (Wildman–Crippen MR) is 74.2 cm³/mol. The zero-order valence-electron chi connectivity index (χ0n) is 12.0. The number of rotatable bonds is 6. The summed E-state index contributed by atoms with van der Waals surface area (Å²) >= 11 is 0. The van der Waals surface area contributed by atoms with E-state index in [-0.39, 0.29) is 12.1 Å². The second-order valence-corrected chi connectivity index (χ2v) is 5.99. The van der Waals surface area contributed by atoms with E-state index in [2.05, 4.69) is 37.0 Å². The predicted octanol–water partition coefficient (Wildman–Crippen LogP) is 1.93. The maximum atomic E-state index is 6.23. The second kappa shape index (κ2) is 5.41. The van der Waals surface area contributed by atoms with E-state index in [1.54, 1.807) is 0 Å². The number of nitrogens with zero attached hydrogens (tertiary/aromatic N) is 3. The Labute approximate surface area is 110 Å². The molecule has 0 bridgehead atoms. The van der Waals surface area contributed by atoms with E-state index >= 15 is 0 Å². The molecule has 2 rings (SSSR count). The molecular weight excluding hydrogens is 224 g/mol. The molecule has 2 unspecified atom stereocenters. The minimum atomic E-state index is 0.121. The molecule has 0 radical (unpaired) electrons. The molecule has 0 aliphatic heterocycles. The van der Waals surface area contributed by atoms with Crippen LogP contribution in [-0.2, 0) is 7.05 Å². The molecule has 0 amide bonds. The molecule has 0 aromatic carbocycles.